The van der Waals surface area contributed by atoms with E-state index in [9.17, 15) is 0 Å². The number of pyridine rings is 1. The summed E-state index contributed by atoms with van der Waals surface area (Å²) in [5, 5.41) is 7.39. The first-order valence-corrected chi connectivity index (χ1v) is 3.48. The second kappa shape index (κ2) is 3.00. The second-order valence-electron chi connectivity index (χ2n) is 2.20. The molecule has 0 spiro atoms. The van der Waals surface area contributed by atoms with Crippen LogP contribution in [0, 0.1) is 0 Å². The maximum Gasteiger partial charge on any atom is 0.0745 e. The van der Waals surface area contributed by atoms with Gasteiger partial charge in [-0.05, 0) is 17.3 Å². The third-order valence-electron chi connectivity index (χ3n) is 1.33. The zero-order valence-corrected chi connectivity index (χ0v) is 6.25. The molecule has 60 valence electrons. The van der Waals surface area contributed by atoms with Crippen molar-refractivity contribution in [3.8, 4) is 0 Å². The van der Waals surface area contributed by atoms with E-state index in [0.29, 0.717) is 0 Å². The maximum absolute atomic E-state index is 3.94. The van der Waals surface area contributed by atoms with Gasteiger partial charge in [0.05, 0.1) is 24.3 Å². The summed E-state index contributed by atoms with van der Waals surface area (Å²) in [5.74, 6) is 0. The number of aromatic nitrogens is 4. The molecule has 0 aliphatic heterocycles. The molecule has 5 heteroatoms. The quantitative estimate of drug-likeness (QED) is 0.698. The maximum atomic E-state index is 3.94. The van der Waals surface area contributed by atoms with Crippen LogP contribution >= 0.6 is 0 Å². The molecule has 1 N–H and O–H groups in total. The summed E-state index contributed by atoms with van der Waals surface area (Å²) in [6.45, 7) is 0. The van der Waals surface area contributed by atoms with Gasteiger partial charge in [0.25, 0.3) is 0 Å². The van der Waals surface area contributed by atoms with Gasteiger partial charge in [-0.25, -0.2) is 0 Å². The molecule has 0 saturated heterocycles. The SMILES string of the molecule is c1cncc(Nn2ccnn2)c1. The highest BCUT2D eigenvalue weighted by atomic mass is 15.6. The summed E-state index contributed by atoms with van der Waals surface area (Å²) >= 11 is 0. The third-order valence-corrected chi connectivity index (χ3v) is 1.33. The Hall–Kier alpha value is -1.91. The average Bonchev–Trinajstić information content (AvgIpc) is 2.59. The highest BCUT2D eigenvalue weighted by Gasteiger charge is 1.90. The fourth-order valence-electron chi connectivity index (χ4n) is 0.829. The molecule has 0 aromatic carbocycles. The largest absolute Gasteiger partial charge is 0.275 e. The van der Waals surface area contributed by atoms with E-state index in [-0.39, 0.29) is 0 Å². The van der Waals surface area contributed by atoms with Gasteiger partial charge in [-0.15, -0.1) is 5.10 Å². The topological polar surface area (TPSA) is 55.6 Å². The van der Waals surface area contributed by atoms with E-state index in [0.717, 1.165) is 5.69 Å². The molecule has 0 fully saturated rings. The van der Waals surface area contributed by atoms with Gasteiger partial charge in [0.1, 0.15) is 0 Å². The minimum Gasteiger partial charge on any atom is -0.275 e. The van der Waals surface area contributed by atoms with Gasteiger partial charge >= 0.3 is 0 Å². The van der Waals surface area contributed by atoms with Crippen LogP contribution in [0.5, 0.6) is 0 Å². The molecule has 0 aliphatic rings. The fraction of sp³-hybridized carbons (Fsp3) is 0. The first-order chi connectivity index (χ1) is 5.95. The van der Waals surface area contributed by atoms with Gasteiger partial charge < -0.3 is 0 Å². The van der Waals surface area contributed by atoms with E-state index in [1.807, 2.05) is 12.1 Å². The zero-order valence-electron chi connectivity index (χ0n) is 6.25. The Morgan fingerprint density at radius 3 is 3.00 bits per heavy atom. The molecule has 12 heavy (non-hydrogen) atoms. The minimum atomic E-state index is 0.878. The van der Waals surface area contributed by atoms with Crippen LogP contribution in [0.3, 0.4) is 0 Å². The van der Waals surface area contributed by atoms with Gasteiger partial charge in [0.2, 0.25) is 0 Å². The standard InChI is InChI=1S/C7H7N5/c1-2-7(6-8-3-1)10-12-5-4-9-11-12/h1-6,10H. The molecule has 2 rings (SSSR count). The van der Waals surface area contributed by atoms with Crippen molar-refractivity contribution in [1.29, 1.82) is 0 Å². The summed E-state index contributed by atoms with van der Waals surface area (Å²) in [5.41, 5.74) is 3.84. The normalized spacial score (nSPS) is 9.67. The fourth-order valence-corrected chi connectivity index (χ4v) is 0.829. The molecule has 0 aliphatic carbocycles. The number of anilines is 1. The Labute approximate surface area is 69.0 Å². The van der Waals surface area contributed by atoms with Gasteiger partial charge in [-0.2, -0.15) is 4.79 Å². The Bertz CT molecular complexity index is 328. The van der Waals surface area contributed by atoms with Crippen LogP contribution in [-0.4, -0.2) is 20.1 Å². The third kappa shape index (κ3) is 1.39. The minimum absolute atomic E-state index is 0.878. The molecule has 2 heterocycles. The Kier molecular flexibility index (Phi) is 1.69. The van der Waals surface area contributed by atoms with Gasteiger partial charge in [0, 0.05) is 6.20 Å². The van der Waals surface area contributed by atoms with Crippen molar-refractivity contribution in [3.05, 3.63) is 36.9 Å². The van der Waals surface area contributed by atoms with Gasteiger partial charge in [-0.1, -0.05) is 0 Å². The molecule has 0 saturated carbocycles. The summed E-state index contributed by atoms with van der Waals surface area (Å²) in [6, 6.07) is 3.74. The monoisotopic (exact) mass is 161 g/mol. The van der Waals surface area contributed by atoms with Crippen molar-refractivity contribution >= 4 is 5.69 Å². The molecule has 5 nitrogen and oxygen atoms in total. The predicted octanol–water partition coefficient (Wildman–Crippen LogP) is 0.548. The highest BCUT2D eigenvalue weighted by molar-refractivity contribution is 5.38. The van der Waals surface area contributed by atoms with E-state index in [4.69, 9.17) is 0 Å². The van der Waals surface area contributed by atoms with Crippen molar-refractivity contribution in [2.45, 2.75) is 0 Å². The van der Waals surface area contributed by atoms with Crippen LogP contribution in [-0.2, 0) is 0 Å². The molecule has 0 atom stereocenters. The summed E-state index contributed by atoms with van der Waals surface area (Å²) in [4.78, 5) is 5.45. The van der Waals surface area contributed by atoms with Crippen molar-refractivity contribution < 1.29 is 0 Å². The number of nitrogens with one attached hydrogen (secondary N) is 1. The van der Waals surface area contributed by atoms with E-state index < -0.39 is 0 Å². The van der Waals surface area contributed by atoms with Crippen molar-refractivity contribution in [3.63, 3.8) is 0 Å². The Balaban J connectivity index is 2.15. The van der Waals surface area contributed by atoms with Crippen LogP contribution in [0.15, 0.2) is 36.9 Å². The summed E-state index contributed by atoms with van der Waals surface area (Å²) in [7, 11) is 0. The Morgan fingerprint density at radius 2 is 2.33 bits per heavy atom. The first-order valence-electron chi connectivity index (χ1n) is 3.48. The first kappa shape index (κ1) is 6.78. The van der Waals surface area contributed by atoms with Crippen molar-refractivity contribution in [2.24, 2.45) is 0 Å². The molecule has 0 unspecified atom stereocenters. The van der Waals surface area contributed by atoms with Crippen molar-refractivity contribution in [2.75, 3.05) is 5.43 Å². The molecular weight excluding hydrogens is 154 g/mol. The zero-order chi connectivity index (χ0) is 8.23. The molecule has 0 radical (unpaired) electrons. The van der Waals surface area contributed by atoms with Crippen LogP contribution in [0.4, 0.5) is 5.69 Å². The number of rotatable bonds is 2. The van der Waals surface area contributed by atoms with Gasteiger partial charge in [-0.3, -0.25) is 10.4 Å². The molecule has 2 aromatic rings. The lowest BCUT2D eigenvalue weighted by atomic mass is 10.4. The average molecular weight is 161 g/mol. The molecule has 0 bridgehead atoms. The summed E-state index contributed by atoms with van der Waals surface area (Å²) in [6.07, 6.45) is 6.74. The van der Waals surface area contributed by atoms with E-state index in [2.05, 4.69) is 20.7 Å². The molecular formula is C7H7N5. The van der Waals surface area contributed by atoms with Crippen molar-refractivity contribution in [1.82, 2.24) is 20.1 Å². The van der Waals surface area contributed by atoms with E-state index in [1.165, 1.54) is 4.79 Å². The predicted molar refractivity (Wildman–Crippen MR) is 43.3 cm³/mol. The lowest BCUT2D eigenvalue weighted by Gasteiger charge is -2.02. The molecule has 0 amide bonds. The van der Waals surface area contributed by atoms with E-state index in [1.54, 1.807) is 24.8 Å². The van der Waals surface area contributed by atoms with E-state index >= 15 is 0 Å². The number of hydrogen-bond acceptors (Lipinski definition) is 4. The number of hydrogen-bond donors (Lipinski definition) is 1. The smallest absolute Gasteiger partial charge is 0.0745 e. The van der Waals surface area contributed by atoms with Crippen LogP contribution < -0.4 is 5.43 Å². The lowest BCUT2D eigenvalue weighted by Crippen LogP contribution is -2.09. The van der Waals surface area contributed by atoms with Gasteiger partial charge in [0.15, 0.2) is 0 Å². The van der Waals surface area contributed by atoms with Crippen LogP contribution in [0.25, 0.3) is 0 Å². The summed E-state index contributed by atoms with van der Waals surface area (Å²) < 4.78 is 0. The lowest BCUT2D eigenvalue weighted by molar-refractivity contribution is 0.744. The van der Waals surface area contributed by atoms with Crippen LogP contribution in [0.1, 0.15) is 0 Å². The number of nitrogens with zero attached hydrogens (tertiary/aromatic N) is 4. The highest BCUT2D eigenvalue weighted by Crippen LogP contribution is 2.01. The Morgan fingerprint density at radius 1 is 1.33 bits per heavy atom. The second-order valence-corrected chi connectivity index (χ2v) is 2.20. The van der Waals surface area contributed by atoms with Crippen LogP contribution in [0.2, 0.25) is 0 Å². The molecule has 2 aromatic heterocycles.